The summed E-state index contributed by atoms with van der Waals surface area (Å²) < 4.78 is 0. The minimum Gasteiger partial charge on any atom is -0.396 e. The summed E-state index contributed by atoms with van der Waals surface area (Å²) in [4.78, 5) is 14.0. The SMILES string of the molecule is C/C=C\C=C(/N)C(N)=NC(=NCc1ccc2c(c1)C1(c3ccccc3-c3ccccc31)c1ccccc1-2)c1ccccn1. The van der Waals surface area contributed by atoms with Crippen LogP contribution in [0.25, 0.3) is 22.3 Å². The first-order valence-electron chi connectivity index (χ1n) is 14.4. The van der Waals surface area contributed by atoms with E-state index >= 15 is 0 Å². The molecular formula is C38H31N5. The quantitative estimate of drug-likeness (QED) is 0.134. The fourth-order valence-corrected chi connectivity index (χ4v) is 6.54. The van der Waals surface area contributed by atoms with Gasteiger partial charge in [0.25, 0.3) is 0 Å². The topological polar surface area (TPSA) is 89.7 Å². The molecule has 4 N–H and O–H groups in total. The Labute approximate surface area is 251 Å². The van der Waals surface area contributed by atoms with E-state index < -0.39 is 5.41 Å². The van der Waals surface area contributed by atoms with Gasteiger partial charge in [-0.15, -0.1) is 0 Å². The summed E-state index contributed by atoms with van der Waals surface area (Å²) in [6.07, 6.45) is 7.16. The highest BCUT2D eigenvalue weighted by Gasteiger charge is 2.51. The van der Waals surface area contributed by atoms with E-state index in [1.54, 1.807) is 12.3 Å². The van der Waals surface area contributed by atoms with Gasteiger partial charge in [0.05, 0.1) is 17.7 Å². The summed E-state index contributed by atoms with van der Waals surface area (Å²) >= 11 is 0. The summed E-state index contributed by atoms with van der Waals surface area (Å²) in [7, 11) is 0. The zero-order valence-corrected chi connectivity index (χ0v) is 23.9. The average molecular weight is 558 g/mol. The van der Waals surface area contributed by atoms with Crippen LogP contribution < -0.4 is 11.5 Å². The predicted molar refractivity (Wildman–Crippen MR) is 176 cm³/mol. The number of fused-ring (bicyclic) bond motifs is 10. The van der Waals surface area contributed by atoms with Crippen LogP contribution in [0.4, 0.5) is 0 Å². The largest absolute Gasteiger partial charge is 0.396 e. The van der Waals surface area contributed by atoms with E-state index in [1.807, 2.05) is 37.3 Å². The van der Waals surface area contributed by atoms with E-state index in [0.29, 0.717) is 23.8 Å². The predicted octanol–water partition coefficient (Wildman–Crippen LogP) is 7.15. The average Bonchev–Trinajstić information content (AvgIpc) is 3.53. The first kappa shape index (κ1) is 26.4. The standard InChI is InChI=1S/C38H31N5/c1-2-3-18-34(39)36(40)43-37(35-19-10-11-22-41-35)42-24-25-20-21-29-28-14-6-9-17-32(28)38(33(29)23-25)30-15-7-4-12-26(30)27-13-5-8-16-31(27)38/h2-23H,24,39H2,1H3,(H2,40,42,43)/b3-2-,34-18-. The first-order chi connectivity index (χ1) is 21.1. The summed E-state index contributed by atoms with van der Waals surface area (Å²) in [5.74, 6) is 0.634. The van der Waals surface area contributed by atoms with Crippen molar-refractivity contribution in [1.29, 1.82) is 0 Å². The van der Waals surface area contributed by atoms with Crippen molar-refractivity contribution in [1.82, 2.24) is 4.98 Å². The van der Waals surface area contributed by atoms with Gasteiger partial charge in [-0.2, -0.15) is 0 Å². The Bertz CT molecular complexity index is 1920. The maximum Gasteiger partial charge on any atom is 0.176 e. The Morgan fingerprint density at radius 2 is 1.30 bits per heavy atom. The van der Waals surface area contributed by atoms with Gasteiger partial charge in [-0.3, -0.25) is 9.98 Å². The molecule has 5 heteroatoms. The number of allylic oxidation sites excluding steroid dienone is 3. The third kappa shape index (κ3) is 4.20. The number of pyridine rings is 1. The Kier molecular flexibility index (Phi) is 6.55. The number of hydrogen-bond acceptors (Lipinski definition) is 3. The van der Waals surface area contributed by atoms with E-state index in [2.05, 4.69) is 101 Å². The van der Waals surface area contributed by atoms with Gasteiger partial charge in [0.15, 0.2) is 5.84 Å². The number of hydrogen-bond donors (Lipinski definition) is 2. The highest BCUT2D eigenvalue weighted by Crippen LogP contribution is 2.62. The Morgan fingerprint density at radius 3 is 1.88 bits per heavy atom. The Hall–Kier alpha value is -5.55. The summed E-state index contributed by atoms with van der Waals surface area (Å²) in [5.41, 5.74) is 24.5. The molecule has 0 atom stereocenters. The number of amidine groups is 2. The zero-order valence-electron chi connectivity index (χ0n) is 23.9. The van der Waals surface area contributed by atoms with Gasteiger partial charge in [0.2, 0.25) is 0 Å². The third-order valence-electron chi connectivity index (χ3n) is 8.36. The van der Waals surface area contributed by atoms with Gasteiger partial charge < -0.3 is 11.5 Å². The smallest absolute Gasteiger partial charge is 0.176 e. The minimum absolute atomic E-state index is 0.199. The van der Waals surface area contributed by atoms with Gasteiger partial charge in [-0.05, 0) is 75.2 Å². The number of aromatic nitrogens is 1. The van der Waals surface area contributed by atoms with Crippen molar-refractivity contribution in [2.75, 3.05) is 0 Å². The summed E-state index contributed by atoms with van der Waals surface area (Å²) in [6.45, 7) is 2.32. The number of nitrogens with zero attached hydrogens (tertiary/aromatic N) is 3. The number of nitrogens with two attached hydrogens (primary N) is 2. The molecule has 0 radical (unpaired) electrons. The molecule has 5 nitrogen and oxygen atoms in total. The highest BCUT2D eigenvalue weighted by atomic mass is 15.0. The summed E-state index contributed by atoms with van der Waals surface area (Å²) in [5, 5.41) is 0. The van der Waals surface area contributed by atoms with Crippen LogP contribution in [0, 0.1) is 0 Å². The van der Waals surface area contributed by atoms with E-state index in [0.717, 1.165) is 5.56 Å². The van der Waals surface area contributed by atoms with E-state index in [1.165, 1.54) is 44.5 Å². The van der Waals surface area contributed by atoms with Crippen molar-refractivity contribution < 1.29 is 0 Å². The second-order valence-electron chi connectivity index (χ2n) is 10.8. The Morgan fingerprint density at radius 1 is 0.721 bits per heavy atom. The van der Waals surface area contributed by atoms with Crippen LogP contribution in [0.15, 0.2) is 149 Å². The lowest BCUT2D eigenvalue weighted by molar-refractivity contribution is 0.791. The Balaban J connectivity index is 1.38. The molecular weight excluding hydrogens is 526 g/mol. The molecule has 1 heterocycles. The maximum absolute atomic E-state index is 6.27. The van der Waals surface area contributed by atoms with E-state index in [9.17, 15) is 0 Å². The van der Waals surface area contributed by atoms with Crippen LogP contribution in [-0.4, -0.2) is 16.7 Å². The lowest BCUT2D eigenvalue weighted by Crippen LogP contribution is -2.26. The van der Waals surface area contributed by atoms with Crippen LogP contribution in [0.3, 0.4) is 0 Å². The normalized spacial score (nSPS) is 15.0. The van der Waals surface area contributed by atoms with Crippen LogP contribution in [-0.2, 0) is 12.0 Å². The van der Waals surface area contributed by atoms with Crippen LogP contribution in [0.2, 0.25) is 0 Å². The molecule has 0 bridgehead atoms. The molecule has 1 aromatic heterocycles. The molecule has 2 aliphatic carbocycles. The fraction of sp³-hybridized carbons (Fsp3) is 0.0789. The van der Waals surface area contributed by atoms with Crippen molar-refractivity contribution >= 4 is 11.7 Å². The molecule has 0 aliphatic heterocycles. The number of benzene rings is 4. The second-order valence-corrected chi connectivity index (χ2v) is 10.8. The van der Waals surface area contributed by atoms with Crippen LogP contribution in [0.1, 0.15) is 40.4 Å². The minimum atomic E-state index is -0.392. The number of rotatable bonds is 5. The van der Waals surface area contributed by atoms with Crippen molar-refractivity contribution in [2.24, 2.45) is 21.5 Å². The molecule has 5 aromatic rings. The van der Waals surface area contributed by atoms with Gasteiger partial charge >= 0.3 is 0 Å². The molecule has 4 aromatic carbocycles. The van der Waals surface area contributed by atoms with Crippen molar-refractivity contribution in [3.05, 3.63) is 173 Å². The molecule has 43 heavy (non-hydrogen) atoms. The van der Waals surface area contributed by atoms with Gasteiger partial charge in [0, 0.05) is 6.20 Å². The van der Waals surface area contributed by atoms with Crippen molar-refractivity contribution in [2.45, 2.75) is 18.9 Å². The molecule has 0 unspecified atom stereocenters. The van der Waals surface area contributed by atoms with Gasteiger partial charge in [-0.1, -0.05) is 109 Å². The molecule has 7 rings (SSSR count). The highest BCUT2D eigenvalue weighted by molar-refractivity contribution is 6.09. The molecule has 208 valence electrons. The molecule has 2 aliphatic rings. The molecule has 0 saturated heterocycles. The maximum atomic E-state index is 6.27. The number of aliphatic imine (C=N–C) groups is 2. The third-order valence-corrected chi connectivity index (χ3v) is 8.36. The summed E-state index contributed by atoms with van der Waals surface area (Å²) in [6, 6.07) is 38.8. The molecule has 0 saturated carbocycles. The van der Waals surface area contributed by atoms with Crippen molar-refractivity contribution in [3.63, 3.8) is 0 Å². The second kappa shape index (κ2) is 10.7. The lowest BCUT2D eigenvalue weighted by Gasteiger charge is -2.30. The monoisotopic (exact) mass is 557 g/mol. The van der Waals surface area contributed by atoms with Gasteiger partial charge in [-0.25, -0.2) is 4.99 Å². The van der Waals surface area contributed by atoms with Crippen molar-refractivity contribution in [3.8, 4) is 22.3 Å². The van der Waals surface area contributed by atoms with Crippen LogP contribution >= 0.6 is 0 Å². The fourth-order valence-electron chi connectivity index (χ4n) is 6.54. The lowest BCUT2D eigenvalue weighted by atomic mass is 9.70. The zero-order chi connectivity index (χ0) is 29.4. The molecule has 1 spiro atoms. The molecule has 0 fully saturated rings. The first-order valence-corrected chi connectivity index (χ1v) is 14.4. The molecule has 0 amide bonds. The van der Waals surface area contributed by atoms with Crippen LogP contribution in [0.5, 0.6) is 0 Å². The van der Waals surface area contributed by atoms with E-state index in [-0.39, 0.29) is 5.84 Å². The van der Waals surface area contributed by atoms with E-state index in [4.69, 9.17) is 16.5 Å². The van der Waals surface area contributed by atoms with Gasteiger partial charge in [0.1, 0.15) is 11.5 Å².